The predicted octanol–water partition coefficient (Wildman–Crippen LogP) is 5.18. The molecule has 0 radical (unpaired) electrons. The number of benzene rings is 2. The summed E-state index contributed by atoms with van der Waals surface area (Å²) in [5.41, 5.74) is 1.67. The van der Waals surface area contributed by atoms with Gasteiger partial charge in [0.1, 0.15) is 0 Å². The number of nitrogens with one attached hydrogen (secondary N) is 3. The summed E-state index contributed by atoms with van der Waals surface area (Å²) in [5, 5.41) is 7.98. The van der Waals surface area contributed by atoms with E-state index in [0.29, 0.717) is 28.0 Å². The standard InChI is InChI=1S/C19H20F3N3O2S/c1-12(14-6-5-7-15(10-14)24-13(2)26)23-18(27)25-16-8-3-4-9-17(16)28-11-19(20,21)22/h3-10,12H,11H2,1-2H3,(H,24,26)(H2,23,25,27)/t12-/m1/s1. The number of anilines is 2. The fraction of sp³-hybridized carbons (Fsp3) is 0.263. The molecule has 0 spiro atoms. The molecule has 0 aliphatic carbocycles. The minimum absolute atomic E-state index is 0.205. The normalized spacial score (nSPS) is 12.2. The van der Waals surface area contributed by atoms with Gasteiger partial charge in [-0.15, -0.1) is 11.8 Å². The first-order chi connectivity index (χ1) is 13.1. The Kier molecular flexibility index (Phi) is 7.33. The molecule has 0 bridgehead atoms. The average Bonchev–Trinajstić information content (AvgIpc) is 2.60. The van der Waals surface area contributed by atoms with E-state index in [4.69, 9.17) is 0 Å². The lowest BCUT2D eigenvalue weighted by molar-refractivity contribution is -0.114. The quantitative estimate of drug-likeness (QED) is 0.574. The molecule has 2 aromatic carbocycles. The summed E-state index contributed by atoms with van der Waals surface area (Å²) in [5.74, 6) is -1.25. The van der Waals surface area contributed by atoms with Crippen molar-refractivity contribution in [2.45, 2.75) is 31.0 Å². The molecule has 3 amide bonds. The Morgan fingerprint density at radius 3 is 2.46 bits per heavy atom. The van der Waals surface area contributed by atoms with E-state index < -0.39 is 18.0 Å². The van der Waals surface area contributed by atoms with Crippen LogP contribution >= 0.6 is 11.8 Å². The number of carbonyl (C=O) groups excluding carboxylic acids is 2. The summed E-state index contributed by atoms with van der Waals surface area (Å²) in [7, 11) is 0. The lowest BCUT2D eigenvalue weighted by atomic mass is 10.1. The SMILES string of the molecule is CC(=O)Nc1cccc([C@@H](C)NC(=O)Nc2ccccc2SCC(F)(F)F)c1. The molecule has 0 unspecified atom stereocenters. The molecule has 5 nitrogen and oxygen atoms in total. The number of carbonyl (C=O) groups is 2. The lowest BCUT2D eigenvalue weighted by Crippen LogP contribution is -2.31. The number of alkyl halides is 3. The highest BCUT2D eigenvalue weighted by Gasteiger charge is 2.27. The third kappa shape index (κ3) is 7.15. The van der Waals surface area contributed by atoms with Crippen LogP contribution in [0.1, 0.15) is 25.5 Å². The minimum atomic E-state index is -4.30. The van der Waals surface area contributed by atoms with Crippen LogP contribution < -0.4 is 16.0 Å². The van der Waals surface area contributed by atoms with Gasteiger partial charge in [-0.3, -0.25) is 4.79 Å². The van der Waals surface area contributed by atoms with E-state index in [1.54, 1.807) is 49.4 Å². The van der Waals surface area contributed by atoms with Gasteiger partial charge in [0, 0.05) is 17.5 Å². The first-order valence-corrected chi connectivity index (χ1v) is 9.36. The predicted molar refractivity (Wildman–Crippen MR) is 105 cm³/mol. The van der Waals surface area contributed by atoms with Gasteiger partial charge in [-0.05, 0) is 36.8 Å². The first-order valence-electron chi connectivity index (χ1n) is 8.37. The average molecular weight is 411 g/mol. The third-order valence-corrected chi connectivity index (χ3v) is 4.72. The molecule has 0 aliphatic rings. The minimum Gasteiger partial charge on any atom is -0.331 e. The summed E-state index contributed by atoms with van der Waals surface area (Å²) >= 11 is 0.611. The fourth-order valence-electron chi connectivity index (χ4n) is 2.38. The number of hydrogen-bond acceptors (Lipinski definition) is 3. The number of hydrogen-bond donors (Lipinski definition) is 3. The Labute approximate surface area is 165 Å². The lowest BCUT2D eigenvalue weighted by Gasteiger charge is -2.17. The second kappa shape index (κ2) is 9.50. The molecule has 1 atom stereocenters. The fourth-order valence-corrected chi connectivity index (χ4v) is 3.15. The Balaban J connectivity index is 2.01. The monoisotopic (exact) mass is 411 g/mol. The molecule has 2 rings (SSSR count). The van der Waals surface area contributed by atoms with Crippen molar-refractivity contribution in [3.05, 3.63) is 54.1 Å². The molecule has 2 aromatic rings. The van der Waals surface area contributed by atoms with Crippen molar-refractivity contribution in [2.75, 3.05) is 16.4 Å². The van der Waals surface area contributed by atoms with Crippen molar-refractivity contribution < 1.29 is 22.8 Å². The van der Waals surface area contributed by atoms with Crippen molar-refractivity contribution >= 4 is 35.1 Å². The molecule has 9 heteroatoms. The van der Waals surface area contributed by atoms with E-state index in [0.717, 1.165) is 5.56 Å². The van der Waals surface area contributed by atoms with Gasteiger partial charge in [0.2, 0.25) is 5.91 Å². The smallest absolute Gasteiger partial charge is 0.331 e. The zero-order valence-corrected chi connectivity index (χ0v) is 16.1. The van der Waals surface area contributed by atoms with Crippen LogP contribution in [0.15, 0.2) is 53.4 Å². The number of urea groups is 1. The van der Waals surface area contributed by atoms with Crippen molar-refractivity contribution in [1.82, 2.24) is 5.32 Å². The molecule has 0 aliphatic heterocycles. The van der Waals surface area contributed by atoms with Crippen LogP contribution in [-0.2, 0) is 4.79 Å². The van der Waals surface area contributed by atoms with Crippen LogP contribution in [-0.4, -0.2) is 23.9 Å². The van der Waals surface area contributed by atoms with Crippen molar-refractivity contribution in [2.24, 2.45) is 0 Å². The van der Waals surface area contributed by atoms with Crippen LogP contribution in [0, 0.1) is 0 Å². The number of rotatable bonds is 6. The van der Waals surface area contributed by atoms with Crippen LogP contribution in [0.4, 0.5) is 29.3 Å². The van der Waals surface area contributed by atoms with E-state index in [-0.39, 0.29) is 11.9 Å². The van der Waals surface area contributed by atoms with Gasteiger partial charge in [-0.25, -0.2) is 4.79 Å². The zero-order valence-electron chi connectivity index (χ0n) is 15.3. The molecule has 0 fully saturated rings. The van der Waals surface area contributed by atoms with E-state index >= 15 is 0 Å². The largest absolute Gasteiger partial charge is 0.398 e. The van der Waals surface area contributed by atoms with Crippen LogP contribution in [0.2, 0.25) is 0 Å². The number of halogens is 3. The maximum absolute atomic E-state index is 12.5. The third-order valence-electron chi connectivity index (χ3n) is 3.58. The highest BCUT2D eigenvalue weighted by Crippen LogP contribution is 2.32. The molecule has 0 aromatic heterocycles. The van der Waals surface area contributed by atoms with Gasteiger partial charge in [-0.2, -0.15) is 13.2 Å². The summed E-state index contributed by atoms with van der Waals surface area (Å²) in [4.78, 5) is 23.8. The van der Waals surface area contributed by atoms with Gasteiger partial charge < -0.3 is 16.0 Å². The van der Waals surface area contributed by atoms with E-state index in [1.807, 2.05) is 0 Å². The van der Waals surface area contributed by atoms with Crippen LogP contribution in [0.3, 0.4) is 0 Å². The van der Waals surface area contributed by atoms with E-state index in [1.165, 1.54) is 13.0 Å². The Morgan fingerprint density at radius 1 is 1.07 bits per heavy atom. The molecule has 150 valence electrons. The molecule has 28 heavy (non-hydrogen) atoms. The van der Waals surface area contributed by atoms with Gasteiger partial charge >= 0.3 is 12.2 Å². The number of amides is 3. The Hall–Kier alpha value is -2.68. The maximum atomic E-state index is 12.5. The van der Waals surface area contributed by atoms with Gasteiger partial charge in [0.05, 0.1) is 17.5 Å². The summed E-state index contributed by atoms with van der Waals surface area (Å²) < 4.78 is 37.4. The van der Waals surface area contributed by atoms with Crippen molar-refractivity contribution in [3.63, 3.8) is 0 Å². The molecular weight excluding hydrogens is 391 g/mol. The highest BCUT2D eigenvalue weighted by atomic mass is 32.2. The summed E-state index contributed by atoms with van der Waals surface area (Å²) in [6, 6.07) is 12.4. The Morgan fingerprint density at radius 2 is 1.79 bits per heavy atom. The second-order valence-electron chi connectivity index (χ2n) is 6.03. The Bertz CT molecular complexity index is 843. The van der Waals surface area contributed by atoms with E-state index in [2.05, 4.69) is 16.0 Å². The number of thioether (sulfide) groups is 1. The van der Waals surface area contributed by atoms with Crippen molar-refractivity contribution in [1.29, 1.82) is 0 Å². The summed E-state index contributed by atoms with van der Waals surface area (Å²) in [6.07, 6.45) is -4.30. The zero-order chi connectivity index (χ0) is 20.7. The molecule has 0 saturated carbocycles. The van der Waals surface area contributed by atoms with Crippen LogP contribution in [0.5, 0.6) is 0 Å². The molecule has 0 saturated heterocycles. The number of para-hydroxylation sites is 1. The van der Waals surface area contributed by atoms with Gasteiger partial charge in [0.15, 0.2) is 0 Å². The van der Waals surface area contributed by atoms with Gasteiger partial charge in [-0.1, -0.05) is 24.3 Å². The topological polar surface area (TPSA) is 70.2 Å². The van der Waals surface area contributed by atoms with Crippen molar-refractivity contribution in [3.8, 4) is 0 Å². The first kappa shape index (κ1) is 21.6. The summed E-state index contributed by atoms with van der Waals surface area (Å²) in [6.45, 7) is 3.16. The molecule has 0 heterocycles. The van der Waals surface area contributed by atoms with Gasteiger partial charge in [0.25, 0.3) is 0 Å². The highest BCUT2D eigenvalue weighted by molar-refractivity contribution is 7.99. The van der Waals surface area contributed by atoms with Crippen LogP contribution in [0.25, 0.3) is 0 Å². The molecular formula is C19H20F3N3O2S. The molecule has 3 N–H and O–H groups in total. The van der Waals surface area contributed by atoms with E-state index in [9.17, 15) is 22.8 Å². The maximum Gasteiger partial charge on any atom is 0.398 e. The second-order valence-corrected chi connectivity index (χ2v) is 7.04.